The fourth-order valence-corrected chi connectivity index (χ4v) is 6.09. The fourth-order valence-electron chi connectivity index (χ4n) is 4.34. The molecule has 1 unspecified atom stereocenters. The van der Waals surface area contributed by atoms with E-state index in [0.29, 0.717) is 35.9 Å². The minimum atomic E-state index is -3.76. The second-order valence-corrected chi connectivity index (χ2v) is 11.4. The van der Waals surface area contributed by atoms with Gasteiger partial charge in [-0.2, -0.15) is 0 Å². The van der Waals surface area contributed by atoms with Crippen LogP contribution in [0.2, 0.25) is 0 Å². The number of anilines is 3. The predicted octanol–water partition coefficient (Wildman–Crippen LogP) is 5.41. The molecular formula is C28H26N4O5S2. The minimum Gasteiger partial charge on any atom is -0.445 e. The van der Waals surface area contributed by atoms with Gasteiger partial charge < -0.3 is 4.74 Å². The van der Waals surface area contributed by atoms with Gasteiger partial charge in [0.2, 0.25) is 0 Å². The molecule has 11 heteroatoms. The zero-order valence-electron chi connectivity index (χ0n) is 20.8. The van der Waals surface area contributed by atoms with Gasteiger partial charge in [-0.15, -0.1) is 11.3 Å². The maximum Gasteiger partial charge on any atom is 0.410 e. The number of thiazole rings is 1. The summed E-state index contributed by atoms with van der Waals surface area (Å²) in [5, 5.41) is 2.21. The molecule has 1 N–H and O–H groups in total. The van der Waals surface area contributed by atoms with E-state index in [4.69, 9.17) is 4.74 Å². The maximum atomic E-state index is 13.9. The number of rotatable bonds is 8. The Morgan fingerprint density at radius 2 is 1.69 bits per heavy atom. The highest BCUT2D eigenvalue weighted by atomic mass is 32.2. The van der Waals surface area contributed by atoms with Gasteiger partial charge in [0.1, 0.15) is 12.6 Å². The van der Waals surface area contributed by atoms with E-state index in [9.17, 15) is 18.0 Å². The van der Waals surface area contributed by atoms with Crippen LogP contribution in [0.15, 0.2) is 101 Å². The molecule has 0 radical (unpaired) electrons. The average Bonchev–Trinajstić information content (AvgIpc) is 3.67. The first-order valence-electron chi connectivity index (χ1n) is 12.3. The van der Waals surface area contributed by atoms with E-state index in [1.807, 2.05) is 30.3 Å². The van der Waals surface area contributed by atoms with E-state index in [1.165, 1.54) is 33.3 Å². The molecule has 0 bridgehead atoms. The van der Waals surface area contributed by atoms with Gasteiger partial charge in [-0.1, -0.05) is 48.5 Å². The Morgan fingerprint density at radius 3 is 2.36 bits per heavy atom. The molecule has 3 aromatic carbocycles. The number of carbonyl (C=O) groups excluding carboxylic acids is 2. The van der Waals surface area contributed by atoms with E-state index in [0.717, 1.165) is 5.56 Å². The number of nitrogens with one attached hydrogen (secondary N) is 1. The smallest absolute Gasteiger partial charge is 0.410 e. The summed E-state index contributed by atoms with van der Waals surface area (Å²) >= 11 is 1.29. The zero-order valence-corrected chi connectivity index (χ0v) is 22.5. The first kappa shape index (κ1) is 26.4. The summed E-state index contributed by atoms with van der Waals surface area (Å²) in [5.41, 5.74) is 1.71. The molecule has 0 saturated carbocycles. The van der Waals surface area contributed by atoms with Gasteiger partial charge in [0.05, 0.1) is 10.6 Å². The molecule has 1 fully saturated rings. The van der Waals surface area contributed by atoms with Crippen LogP contribution < -0.4 is 9.62 Å². The van der Waals surface area contributed by atoms with Gasteiger partial charge in [0, 0.05) is 23.8 Å². The van der Waals surface area contributed by atoms with Crippen molar-refractivity contribution in [1.82, 2.24) is 9.88 Å². The van der Waals surface area contributed by atoms with E-state index < -0.39 is 22.2 Å². The van der Waals surface area contributed by atoms with Crippen molar-refractivity contribution in [2.75, 3.05) is 16.2 Å². The summed E-state index contributed by atoms with van der Waals surface area (Å²) in [5.74, 6) is -0.309. The van der Waals surface area contributed by atoms with Gasteiger partial charge in [-0.25, -0.2) is 18.2 Å². The lowest BCUT2D eigenvalue weighted by atomic mass is 10.1. The van der Waals surface area contributed by atoms with E-state index in [1.54, 1.807) is 54.0 Å². The highest BCUT2D eigenvalue weighted by molar-refractivity contribution is 7.92. The number of hydrogen-bond donors (Lipinski definition) is 1. The molecule has 4 aromatic rings. The van der Waals surface area contributed by atoms with Crippen molar-refractivity contribution in [2.24, 2.45) is 0 Å². The lowest BCUT2D eigenvalue weighted by molar-refractivity contribution is -0.121. The quantitative estimate of drug-likeness (QED) is 0.308. The van der Waals surface area contributed by atoms with Gasteiger partial charge in [0.15, 0.2) is 5.13 Å². The molecule has 200 valence electrons. The number of benzene rings is 3. The van der Waals surface area contributed by atoms with Crippen LogP contribution in [0.4, 0.5) is 21.3 Å². The molecule has 1 aliphatic heterocycles. The number of carbonyl (C=O) groups is 2. The number of sulfonamides is 1. The van der Waals surface area contributed by atoms with Crippen LogP contribution in [-0.2, 0) is 26.2 Å². The topological polar surface area (TPSA) is 109 Å². The lowest BCUT2D eigenvalue weighted by Crippen LogP contribution is -2.46. The molecule has 0 spiro atoms. The normalized spacial score (nSPS) is 15.1. The number of aromatic nitrogens is 1. The fraction of sp³-hybridized carbons (Fsp3) is 0.179. The highest BCUT2D eigenvalue weighted by Crippen LogP contribution is 2.32. The minimum absolute atomic E-state index is 0.119. The number of hydrogen-bond acceptors (Lipinski definition) is 7. The van der Waals surface area contributed by atoms with Gasteiger partial charge in [0.25, 0.3) is 15.9 Å². The van der Waals surface area contributed by atoms with Crippen molar-refractivity contribution in [3.8, 4) is 0 Å². The third kappa shape index (κ3) is 6.10. The van der Waals surface area contributed by atoms with Gasteiger partial charge >= 0.3 is 6.09 Å². The van der Waals surface area contributed by atoms with Gasteiger partial charge in [-0.05, 0) is 54.8 Å². The van der Waals surface area contributed by atoms with E-state index in [2.05, 4.69) is 9.71 Å². The predicted molar refractivity (Wildman–Crippen MR) is 149 cm³/mol. The SMILES string of the molecule is O=C(C1CCCN1C(=O)OCc1ccccc1)N(c1ccc(NS(=O)(=O)c2ccccc2)cc1)c1nccs1. The number of ether oxygens (including phenoxy) is 1. The summed E-state index contributed by atoms with van der Waals surface area (Å²) in [6, 6.07) is 23.2. The molecule has 1 saturated heterocycles. The maximum absolute atomic E-state index is 13.9. The first-order valence-corrected chi connectivity index (χ1v) is 14.7. The largest absolute Gasteiger partial charge is 0.445 e. The third-order valence-electron chi connectivity index (χ3n) is 6.24. The van der Waals surface area contributed by atoms with Crippen molar-refractivity contribution in [1.29, 1.82) is 0 Å². The lowest BCUT2D eigenvalue weighted by Gasteiger charge is -2.28. The zero-order chi connectivity index (χ0) is 27.2. The monoisotopic (exact) mass is 562 g/mol. The molecule has 9 nitrogen and oxygen atoms in total. The number of likely N-dealkylation sites (tertiary alicyclic amines) is 1. The average molecular weight is 563 g/mol. The van der Waals surface area contributed by atoms with Crippen molar-refractivity contribution < 1.29 is 22.7 Å². The van der Waals surface area contributed by atoms with Crippen LogP contribution in [-0.4, -0.2) is 42.9 Å². The molecule has 5 rings (SSSR count). The third-order valence-corrected chi connectivity index (χ3v) is 8.39. The molecule has 1 aliphatic rings. The van der Waals surface area contributed by atoms with E-state index in [-0.39, 0.29) is 17.4 Å². The Labute approximate surface area is 230 Å². The Bertz CT molecular complexity index is 1510. The van der Waals surface area contributed by atoms with Crippen LogP contribution in [0.3, 0.4) is 0 Å². The summed E-state index contributed by atoms with van der Waals surface area (Å²) in [4.78, 5) is 34.2. The molecule has 39 heavy (non-hydrogen) atoms. The summed E-state index contributed by atoms with van der Waals surface area (Å²) in [6.45, 7) is 0.531. The molecule has 2 heterocycles. The van der Waals surface area contributed by atoms with E-state index >= 15 is 0 Å². The highest BCUT2D eigenvalue weighted by Gasteiger charge is 2.39. The molecule has 0 aliphatic carbocycles. The van der Waals surface area contributed by atoms with Crippen molar-refractivity contribution in [2.45, 2.75) is 30.4 Å². The standard InChI is InChI=1S/C28H26N4O5S2/c33-26(25-12-7-18-31(25)28(34)37-20-21-8-3-1-4-9-21)32(27-29-17-19-38-27)23-15-13-22(14-16-23)30-39(35,36)24-10-5-2-6-11-24/h1-6,8-11,13-17,19,25,30H,7,12,18,20H2. The Morgan fingerprint density at radius 1 is 1.00 bits per heavy atom. The van der Waals surface area contributed by atoms with Crippen LogP contribution >= 0.6 is 11.3 Å². The van der Waals surface area contributed by atoms with Crippen LogP contribution in [0, 0.1) is 0 Å². The van der Waals surface area contributed by atoms with Gasteiger partial charge in [-0.3, -0.25) is 19.3 Å². The summed E-state index contributed by atoms with van der Waals surface area (Å²) in [6.07, 6.45) is 2.22. The summed E-state index contributed by atoms with van der Waals surface area (Å²) < 4.78 is 33.5. The second-order valence-electron chi connectivity index (χ2n) is 8.85. The van der Waals surface area contributed by atoms with Crippen LogP contribution in [0.25, 0.3) is 0 Å². The number of nitrogens with zero attached hydrogens (tertiary/aromatic N) is 3. The van der Waals surface area contributed by atoms with Crippen LogP contribution in [0.5, 0.6) is 0 Å². The number of amides is 2. The van der Waals surface area contributed by atoms with Crippen molar-refractivity contribution in [3.63, 3.8) is 0 Å². The molecular weight excluding hydrogens is 536 g/mol. The van der Waals surface area contributed by atoms with Crippen LogP contribution in [0.1, 0.15) is 18.4 Å². The second kappa shape index (κ2) is 11.7. The Balaban J connectivity index is 1.34. The summed E-state index contributed by atoms with van der Waals surface area (Å²) in [7, 11) is -3.76. The molecule has 2 amide bonds. The first-order chi connectivity index (χ1) is 18.9. The molecule has 1 atom stereocenters. The van der Waals surface area contributed by atoms with Crippen molar-refractivity contribution >= 4 is 49.9 Å². The Hall–Kier alpha value is -4.22. The Kier molecular flexibility index (Phi) is 7.89. The van der Waals surface area contributed by atoms with Crippen molar-refractivity contribution in [3.05, 3.63) is 102 Å². The molecule has 1 aromatic heterocycles.